The first-order valence-corrected chi connectivity index (χ1v) is 24.5. The fourth-order valence-corrected chi connectivity index (χ4v) is 10.9. The Morgan fingerprint density at radius 3 is 1.12 bits per heavy atom. The Kier molecular flexibility index (Phi) is 14.6. The van der Waals surface area contributed by atoms with E-state index in [1.54, 1.807) is 0 Å². The zero-order valence-corrected chi connectivity index (χ0v) is 40.9. The van der Waals surface area contributed by atoms with E-state index in [0.717, 1.165) is 77.2 Å². The Morgan fingerprint density at radius 1 is 0.420 bits per heavy atom. The number of benzene rings is 8. The molecule has 4 N–H and O–H groups in total. The van der Waals surface area contributed by atoms with Crippen LogP contribution in [0.3, 0.4) is 0 Å². The molecular formula is C63H66N2O4. The van der Waals surface area contributed by atoms with E-state index in [2.05, 4.69) is 97.3 Å². The quantitative estimate of drug-likeness (QED) is 0.0645. The average Bonchev–Trinajstić information content (AvgIpc) is 3.36. The van der Waals surface area contributed by atoms with Crippen LogP contribution in [0.1, 0.15) is 94.2 Å². The van der Waals surface area contributed by atoms with Crippen molar-refractivity contribution in [2.24, 2.45) is 5.41 Å². The number of rotatable bonds is 18. The maximum atomic E-state index is 15.2. The average molecular weight is 915 g/mol. The lowest BCUT2D eigenvalue weighted by atomic mass is 9.71. The van der Waals surface area contributed by atoms with Crippen LogP contribution in [-0.2, 0) is 22.4 Å². The summed E-state index contributed by atoms with van der Waals surface area (Å²) in [5, 5.41) is 37.8. The summed E-state index contributed by atoms with van der Waals surface area (Å²) < 4.78 is 0. The highest BCUT2D eigenvalue weighted by atomic mass is 16.3. The highest BCUT2D eigenvalue weighted by Gasteiger charge is 2.48. The molecule has 0 fully saturated rings. The first kappa shape index (κ1) is 48.6. The van der Waals surface area contributed by atoms with Gasteiger partial charge in [0.25, 0.3) is 0 Å². The largest absolute Gasteiger partial charge is 0.387 e. The lowest BCUT2D eigenvalue weighted by Gasteiger charge is -2.41. The molecule has 0 heterocycles. The summed E-state index contributed by atoms with van der Waals surface area (Å²) >= 11 is 0. The van der Waals surface area contributed by atoms with Crippen LogP contribution in [0.4, 0.5) is 0 Å². The van der Waals surface area contributed by atoms with Gasteiger partial charge in [0.05, 0.1) is 11.2 Å². The normalized spacial score (nSPS) is 14.4. The lowest BCUT2D eigenvalue weighted by molar-refractivity contribution is -0.146. The van der Waals surface area contributed by atoms with Crippen molar-refractivity contribution in [1.29, 1.82) is 0 Å². The Balaban J connectivity index is 1.18. The third kappa shape index (κ3) is 9.88. The van der Waals surface area contributed by atoms with Gasteiger partial charge in [-0.2, -0.15) is 0 Å². The second-order valence-electron chi connectivity index (χ2n) is 19.3. The van der Waals surface area contributed by atoms with Crippen LogP contribution in [0.25, 0.3) is 21.5 Å². The van der Waals surface area contributed by atoms with Crippen LogP contribution in [-0.4, -0.2) is 46.3 Å². The van der Waals surface area contributed by atoms with Crippen LogP contribution < -0.4 is 10.6 Å². The molecular weight excluding hydrogens is 849 g/mol. The second kappa shape index (κ2) is 20.8. The first-order chi connectivity index (χ1) is 33.3. The molecule has 8 aromatic rings. The van der Waals surface area contributed by atoms with Gasteiger partial charge in [-0.3, -0.25) is 9.59 Å². The van der Waals surface area contributed by atoms with Crippen LogP contribution in [0, 0.1) is 33.1 Å². The molecule has 0 aliphatic heterocycles. The summed E-state index contributed by atoms with van der Waals surface area (Å²) in [4.78, 5) is 30.4. The van der Waals surface area contributed by atoms with Gasteiger partial charge in [0.1, 0.15) is 5.41 Å². The van der Waals surface area contributed by atoms with Crippen molar-refractivity contribution < 1.29 is 19.8 Å². The minimum absolute atomic E-state index is 0.134. The van der Waals surface area contributed by atoms with E-state index in [-0.39, 0.29) is 38.8 Å². The van der Waals surface area contributed by atoms with Crippen molar-refractivity contribution in [3.63, 3.8) is 0 Å². The van der Waals surface area contributed by atoms with Gasteiger partial charge in [-0.15, -0.1) is 0 Å². The van der Waals surface area contributed by atoms with Gasteiger partial charge in [-0.1, -0.05) is 196 Å². The molecule has 8 rings (SSSR count). The maximum Gasteiger partial charge on any atom is 0.235 e. The Bertz CT molecular complexity index is 2880. The summed E-state index contributed by atoms with van der Waals surface area (Å²) in [6.45, 7) is 11.7. The predicted octanol–water partition coefficient (Wildman–Crippen LogP) is 12.2. The van der Waals surface area contributed by atoms with Crippen molar-refractivity contribution in [2.45, 2.75) is 90.3 Å². The monoisotopic (exact) mass is 915 g/mol. The highest BCUT2D eigenvalue weighted by molar-refractivity contribution is 6.05. The van der Waals surface area contributed by atoms with Gasteiger partial charge in [-0.25, -0.2) is 0 Å². The molecule has 4 atom stereocenters. The minimum atomic E-state index is -1.56. The van der Waals surface area contributed by atoms with Crippen molar-refractivity contribution in [3.8, 4) is 0 Å². The van der Waals surface area contributed by atoms with Crippen LogP contribution in [0.2, 0.25) is 0 Å². The molecule has 0 saturated heterocycles. The summed E-state index contributed by atoms with van der Waals surface area (Å²) in [6, 6.07) is 61.2. The van der Waals surface area contributed by atoms with E-state index in [1.807, 2.05) is 137 Å². The van der Waals surface area contributed by atoms with Gasteiger partial charge in [0.15, 0.2) is 0 Å². The van der Waals surface area contributed by atoms with Gasteiger partial charge >= 0.3 is 0 Å². The number of aliphatic hydroxyl groups is 2. The lowest BCUT2D eigenvalue weighted by Crippen LogP contribution is -2.58. The van der Waals surface area contributed by atoms with Gasteiger partial charge in [0, 0.05) is 37.8 Å². The van der Waals surface area contributed by atoms with E-state index >= 15 is 9.59 Å². The third-order valence-corrected chi connectivity index (χ3v) is 15.0. The van der Waals surface area contributed by atoms with E-state index in [0.29, 0.717) is 0 Å². The third-order valence-electron chi connectivity index (χ3n) is 15.0. The number of aryl methyl sites for hydroxylation is 4. The number of hydrogen-bond donors (Lipinski definition) is 4. The number of nitrogens with one attached hydrogen (secondary N) is 2. The number of fused-ring (bicyclic) bond motifs is 2. The van der Waals surface area contributed by atoms with Gasteiger partial charge in [0.2, 0.25) is 11.8 Å². The Labute approximate surface area is 408 Å². The van der Waals surface area contributed by atoms with E-state index in [9.17, 15) is 10.2 Å². The summed E-state index contributed by atoms with van der Waals surface area (Å²) in [5.74, 6) is -2.08. The Hall–Kier alpha value is -6.86. The van der Waals surface area contributed by atoms with Crippen molar-refractivity contribution in [2.75, 3.05) is 13.1 Å². The Morgan fingerprint density at radius 2 is 0.739 bits per heavy atom. The molecule has 4 unspecified atom stereocenters. The molecule has 0 saturated carbocycles. The molecule has 0 radical (unpaired) electrons. The number of amides is 2. The molecule has 0 aromatic heterocycles. The van der Waals surface area contributed by atoms with E-state index in [1.165, 1.54) is 0 Å². The van der Waals surface area contributed by atoms with Gasteiger partial charge < -0.3 is 20.8 Å². The highest BCUT2D eigenvalue weighted by Crippen LogP contribution is 2.44. The molecule has 0 aliphatic rings. The maximum absolute atomic E-state index is 15.2. The zero-order valence-electron chi connectivity index (χ0n) is 40.9. The molecule has 6 heteroatoms. The van der Waals surface area contributed by atoms with Crippen LogP contribution in [0.5, 0.6) is 0 Å². The zero-order chi connectivity index (χ0) is 48.8. The standard InChI is InChI=1S/C63H66N2O4/c1-7-61(8-2,59(66)64-41-62(68,39-49-29-13-9-23-43(49)3)57(51-33-17-11-25-45(51)5)55-37-21-31-47-27-15-19-35-53(47)55)60(67)65-42-63(69,40-50-30-14-10-24-44(50)4)58(52-34-18-12-26-46(52)6)56-38-22-32-48-28-16-20-36-54(48)56/h9-38,57-58,68-69H,7-8,39-42H2,1-6H3,(H,64,66)(H,65,67). The van der Waals surface area contributed by atoms with Crippen molar-refractivity contribution in [1.82, 2.24) is 10.6 Å². The topological polar surface area (TPSA) is 98.7 Å². The molecule has 6 nitrogen and oxygen atoms in total. The molecule has 69 heavy (non-hydrogen) atoms. The minimum Gasteiger partial charge on any atom is -0.387 e. The number of carbonyl (C=O) groups excluding carboxylic acids is 2. The molecule has 352 valence electrons. The van der Waals surface area contributed by atoms with E-state index in [4.69, 9.17) is 0 Å². The second-order valence-corrected chi connectivity index (χ2v) is 19.3. The smallest absolute Gasteiger partial charge is 0.235 e. The summed E-state index contributed by atoms with van der Waals surface area (Å²) in [7, 11) is 0. The van der Waals surface area contributed by atoms with Crippen LogP contribution >= 0.6 is 0 Å². The van der Waals surface area contributed by atoms with E-state index < -0.39 is 40.3 Å². The molecule has 0 aliphatic carbocycles. The molecule has 8 aromatic carbocycles. The fraction of sp³-hybridized carbons (Fsp3) is 0.270. The molecule has 0 bridgehead atoms. The van der Waals surface area contributed by atoms with Crippen molar-refractivity contribution >= 4 is 33.4 Å². The fourth-order valence-electron chi connectivity index (χ4n) is 10.9. The first-order valence-electron chi connectivity index (χ1n) is 24.5. The predicted molar refractivity (Wildman–Crippen MR) is 283 cm³/mol. The SMILES string of the molecule is CCC(CC)(C(=O)NCC(O)(Cc1ccccc1C)C(c1ccccc1C)c1cccc2ccccc12)C(=O)NCC(O)(Cc1ccccc1C)C(c1ccccc1C)c1cccc2ccccc12. The summed E-state index contributed by atoms with van der Waals surface area (Å²) in [6.07, 6.45) is 0.867. The number of hydrogen-bond acceptors (Lipinski definition) is 4. The number of carbonyl (C=O) groups is 2. The van der Waals surface area contributed by atoms with Crippen LogP contribution in [0.15, 0.2) is 182 Å². The summed E-state index contributed by atoms with van der Waals surface area (Å²) in [5.41, 5.74) is 5.19. The van der Waals surface area contributed by atoms with Crippen molar-refractivity contribution in [3.05, 3.63) is 238 Å². The molecule has 2 amide bonds. The van der Waals surface area contributed by atoms with Gasteiger partial charge in [-0.05, 0) is 118 Å². The molecule has 0 spiro atoms.